The number of pyridine rings is 1. The highest BCUT2D eigenvalue weighted by Crippen LogP contribution is 2.32. The summed E-state index contributed by atoms with van der Waals surface area (Å²) in [5.74, 6) is 1.58. The van der Waals surface area contributed by atoms with Gasteiger partial charge >= 0.3 is 0 Å². The molecule has 0 aliphatic heterocycles. The fourth-order valence-corrected chi connectivity index (χ4v) is 2.32. The molecule has 0 spiro atoms. The van der Waals surface area contributed by atoms with Gasteiger partial charge in [-0.05, 0) is 59.1 Å². The van der Waals surface area contributed by atoms with Gasteiger partial charge in [-0.15, -0.1) is 0 Å². The Morgan fingerprint density at radius 3 is 2.58 bits per heavy atom. The van der Waals surface area contributed by atoms with Gasteiger partial charge in [0.2, 0.25) is 0 Å². The zero-order valence-electron chi connectivity index (χ0n) is 11.1. The van der Waals surface area contributed by atoms with Crippen LogP contribution in [0, 0.1) is 6.92 Å². The molecule has 1 aromatic heterocycles. The summed E-state index contributed by atoms with van der Waals surface area (Å²) in [7, 11) is 0. The van der Waals surface area contributed by atoms with E-state index in [1.165, 1.54) is 0 Å². The molecule has 3 nitrogen and oxygen atoms in total. The highest BCUT2D eigenvalue weighted by Gasteiger charge is 2.08. The van der Waals surface area contributed by atoms with Crippen LogP contribution < -0.4 is 10.5 Å². The van der Waals surface area contributed by atoms with Gasteiger partial charge in [-0.25, -0.2) is 0 Å². The predicted octanol–water partition coefficient (Wildman–Crippen LogP) is 3.97. The zero-order chi connectivity index (χ0) is 13.8. The van der Waals surface area contributed by atoms with Gasteiger partial charge < -0.3 is 10.5 Å². The molecule has 0 amide bonds. The van der Waals surface area contributed by atoms with E-state index in [9.17, 15) is 0 Å². The van der Waals surface area contributed by atoms with Gasteiger partial charge in [0.15, 0.2) is 0 Å². The van der Waals surface area contributed by atoms with E-state index in [2.05, 4.69) is 27.8 Å². The van der Waals surface area contributed by atoms with Crippen LogP contribution in [0.5, 0.6) is 11.5 Å². The predicted molar refractivity (Wildman–Crippen MR) is 80.5 cm³/mol. The topological polar surface area (TPSA) is 48.1 Å². The molecule has 4 heteroatoms. The van der Waals surface area contributed by atoms with Gasteiger partial charge in [0, 0.05) is 12.2 Å². The maximum Gasteiger partial charge on any atom is 0.148 e. The van der Waals surface area contributed by atoms with Crippen molar-refractivity contribution < 1.29 is 4.74 Å². The molecule has 2 N–H and O–H groups in total. The van der Waals surface area contributed by atoms with E-state index in [1.54, 1.807) is 0 Å². The lowest BCUT2D eigenvalue weighted by Crippen LogP contribution is -1.98. The number of aromatic nitrogens is 1. The Labute approximate surface area is 121 Å². The first kappa shape index (κ1) is 14.0. The summed E-state index contributed by atoms with van der Waals surface area (Å²) in [5, 5.41) is 0. The molecule has 0 saturated carbocycles. The maximum atomic E-state index is 5.94. The Morgan fingerprint density at radius 2 is 1.95 bits per heavy atom. The minimum Gasteiger partial charge on any atom is -0.454 e. The summed E-state index contributed by atoms with van der Waals surface area (Å²) >= 11 is 3.51. The Kier molecular flexibility index (Phi) is 4.56. The van der Waals surface area contributed by atoms with Gasteiger partial charge in [0.05, 0.1) is 10.2 Å². The third-order valence-electron chi connectivity index (χ3n) is 2.86. The van der Waals surface area contributed by atoms with Crippen LogP contribution in [0.25, 0.3) is 0 Å². The Hall–Kier alpha value is -1.39. The van der Waals surface area contributed by atoms with Crippen LogP contribution in [0.4, 0.5) is 0 Å². The van der Waals surface area contributed by atoms with E-state index in [-0.39, 0.29) is 0 Å². The Balaban J connectivity index is 2.31. The largest absolute Gasteiger partial charge is 0.454 e. The molecule has 1 heterocycles. The molecule has 0 bridgehead atoms. The first-order valence-corrected chi connectivity index (χ1v) is 7.06. The van der Waals surface area contributed by atoms with Crippen LogP contribution in [-0.4, -0.2) is 4.98 Å². The number of hydrogen-bond acceptors (Lipinski definition) is 3. The van der Waals surface area contributed by atoms with Crippen LogP contribution in [-0.2, 0) is 13.0 Å². The second kappa shape index (κ2) is 6.17. The molecular formula is C15H17BrN2O. The van der Waals surface area contributed by atoms with Crippen LogP contribution in [0.15, 0.2) is 34.8 Å². The van der Waals surface area contributed by atoms with E-state index in [4.69, 9.17) is 10.5 Å². The SMILES string of the molecule is CCc1nc(C)ccc1Oc1ccc(CN)cc1Br. The van der Waals surface area contributed by atoms with Crippen LogP contribution >= 0.6 is 15.9 Å². The Morgan fingerprint density at radius 1 is 1.21 bits per heavy atom. The number of nitrogens with zero attached hydrogens (tertiary/aromatic N) is 1. The summed E-state index contributed by atoms with van der Waals surface area (Å²) < 4.78 is 6.84. The molecule has 0 fully saturated rings. The quantitative estimate of drug-likeness (QED) is 0.927. The fourth-order valence-electron chi connectivity index (χ4n) is 1.82. The lowest BCUT2D eigenvalue weighted by Gasteiger charge is -2.12. The second-order valence-corrected chi connectivity index (χ2v) is 5.18. The standard InChI is InChI=1S/C15H17BrN2O/c1-3-13-15(6-4-10(2)18-13)19-14-7-5-11(9-17)8-12(14)16/h4-8H,3,9,17H2,1-2H3. The zero-order valence-corrected chi connectivity index (χ0v) is 12.7. The molecule has 0 atom stereocenters. The maximum absolute atomic E-state index is 5.94. The van der Waals surface area contributed by atoms with Crippen molar-refractivity contribution in [3.8, 4) is 11.5 Å². The minimum absolute atomic E-state index is 0.519. The molecule has 1 aromatic carbocycles. The van der Waals surface area contributed by atoms with Crippen LogP contribution in [0.1, 0.15) is 23.9 Å². The third kappa shape index (κ3) is 3.33. The average molecular weight is 321 g/mol. The lowest BCUT2D eigenvalue weighted by molar-refractivity contribution is 0.469. The van der Waals surface area contributed by atoms with Crippen LogP contribution in [0.2, 0.25) is 0 Å². The lowest BCUT2D eigenvalue weighted by atomic mass is 10.2. The van der Waals surface area contributed by atoms with Crippen molar-refractivity contribution in [1.82, 2.24) is 4.98 Å². The number of nitrogens with two attached hydrogens (primary N) is 1. The fraction of sp³-hybridized carbons (Fsp3) is 0.267. The molecule has 2 rings (SSSR count). The van der Waals surface area contributed by atoms with Crippen molar-refractivity contribution in [1.29, 1.82) is 0 Å². The molecular weight excluding hydrogens is 304 g/mol. The summed E-state index contributed by atoms with van der Waals surface area (Å²) in [6.45, 7) is 4.57. The number of hydrogen-bond donors (Lipinski definition) is 1. The van der Waals surface area contributed by atoms with E-state index < -0.39 is 0 Å². The van der Waals surface area contributed by atoms with Gasteiger partial charge in [-0.3, -0.25) is 4.98 Å². The average Bonchev–Trinajstić information content (AvgIpc) is 2.42. The second-order valence-electron chi connectivity index (χ2n) is 4.32. The van der Waals surface area contributed by atoms with Gasteiger partial charge in [0.25, 0.3) is 0 Å². The first-order valence-electron chi connectivity index (χ1n) is 6.27. The number of benzene rings is 1. The van der Waals surface area contributed by atoms with E-state index in [0.717, 1.165) is 39.3 Å². The van der Waals surface area contributed by atoms with Crippen molar-refractivity contribution in [2.45, 2.75) is 26.8 Å². The summed E-state index contributed by atoms with van der Waals surface area (Å²) in [6.07, 6.45) is 0.843. The summed E-state index contributed by atoms with van der Waals surface area (Å²) in [6, 6.07) is 9.78. The smallest absolute Gasteiger partial charge is 0.148 e. The minimum atomic E-state index is 0.519. The monoisotopic (exact) mass is 320 g/mol. The van der Waals surface area contributed by atoms with Gasteiger partial charge in [-0.2, -0.15) is 0 Å². The molecule has 0 aliphatic rings. The summed E-state index contributed by atoms with van der Waals surface area (Å²) in [5.41, 5.74) is 8.65. The molecule has 0 saturated heterocycles. The number of halogens is 1. The van der Waals surface area contributed by atoms with Crippen molar-refractivity contribution in [3.63, 3.8) is 0 Å². The Bertz CT molecular complexity index is 584. The third-order valence-corrected chi connectivity index (χ3v) is 3.48. The molecule has 0 aliphatic carbocycles. The first-order chi connectivity index (χ1) is 9.13. The molecule has 0 unspecified atom stereocenters. The highest BCUT2D eigenvalue weighted by molar-refractivity contribution is 9.10. The highest BCUT2D eigenvalue weighted by atomic mass is 79.9. The summed E-state index contributed by atoms with van der Waals surface area (Å²) in [4.78, 5) is 4.49. The van der Waals surface area contributed by atoms with Gasteiger partial charge in [-0.1, -0.05) is 13.0 Å². The molecule has 0 radical (unpaired) electrons. The number of aryl methyl sites for hydroxylation is 2. The van der Waals surface area contributed by atoms with Crippen molar-refractivity contribution >= 4 is 15.9 Å². The van der Waals surface area contributed by atoms with E-state index >= 15 is 0 Å². The number of ether oxygens (including phenoxy) is 1. The van der Waals surface area contributed by atoms with Gasteiger partial charge in [0.1, 0.15) is 11.5 Å². The van der Waals surface area contributed by atoms with Crippen LogP contribution in [0.3, 0.4) is 0 Å². The van der Waals surface area contributed by atoms with E-state index in [0.29, 0.717) is 6.54 Å². The molecule has 19 heavy (non-hydrogen) atoms. The normalized spacial score (nSPS) is 10.5. The van der Waals surface area contributed by atoms with Crippen molar-refractivity contribution in [2.75, 3.05) is 0 Å². The molecule has 100 valence electrons. The van der Waals surface area contributed by atoms with Crippen molar-refractivity contribution in [2.24, 2.45) is 5.73 Å². The number of rotatable bonds is 4. The molecule has 2 aromatic rings. The van der Waals surface area contributed by atoms with E-state index in [1.807, 2.05) is 37.3 Å². The van der Waals surface area contributed by atoms with Crippen molar-refractivity contribution in [3.05, 3.63) is 51.8 Å².